The van der Waals surface area contributed by atoms with Crippen LogP contribution in [0.4, 0.5) is 0 Å². The van der Waals surface area contributed by atoms with Crippen molar-refractivity contribution in [3.8, 4) is 114 Å². The lowest BCUT2D eigenvalue weighted by Crippen LogP contribution is -2.00. The number of ketones is 3. The maximum atomic E-state index is 11.3. The standard InChI is InChI=1S/C23H22O.C16H16O2.3C16H16O.2C16H14/c1-4-18-8-10-19(11-9-18)20-12-14-21(15-13-20)23-7-5-6-22(16-23)17(2)24-3;1-3-12-4-6-13(7-5-12)14-8-10-15(11-9-14)16(17)18-2;2*1-3-13-4-6-15(7-5-13)16-10-8-14(9-11-16)12(2)17;1-3-13-7-9-14(10-8-13)16-6-4-5-15(11-16)12(2)17;1-3-13-5-9-15(10-6-13)16-11-7-14(4-2)8-12-16;1-3-13-8-10-15(11-9-13)16-7-5-6-14(4-2)12-16/h5-16H,2,4H2,1,3H3;4-11H,3H2,1-2H3;3*4-11H,3H2,1-2H3;1,5-12H,4H2,2H3;2,5-12H,3H2,1H3. The minimum atomic E-state index is -0.303. The SMILES string of the molecule is C#Cc1ccc(-c2ccc(CC)cc2)cc1.C#Cc1cccc(-c2ccc(CC)cc2)c1.C=C(OC)c1cccc(-c2ccc(-c3ccc(CC)cc3)cc2)c1.CCc1ccc(-c2ccc(C(=O)OC)cc2)cc1.CCc1ccc(-c2ccc(C(C)=O)cc2)cc1.CCc1ccc(-c2ccc(C(C)=O)cc2)cc1.CCc1ccc(-c2cccc(C(C)=O)c2)cc1. The highest BCUT2D eigenvalue weighted by Crippen LogP contribution is 2.31. The summed E-state index contributed by atoms with van der Waals surface area (Å²) < 4.78 is 9.90. The van der Waals surface area contributed by atoms with Crippen molar-refractivity contribution in [2.45, 2.75) is 114 Å². The monoisotopic (exact) mass is 1640 g/mol. The molecule has 0 unspecified atom stereocenters. The number of hydrogen-bond donors (Lipinski definition) is 0. The fourth-order valence-corrected chi connectivity index (χ4v) is 13.6. The molecule has 0 aliphatic carbocycles. The van der Waals surface area contributed by atoms with Gasteiger partial charge < -0.3 is 9.47 Å². The maximum absolute atomic E-state index is 11.3. The van der Waals surface area contributed by atoms with Crippen LogP contribution in [0.15, 0.2) is 371 Å². The van der Waals surface area contributed by atoms with Gasteiger partial charge in [0.05, 0.1) is 19.8 Å². The number of Topliss-reactive ketones (excluding diaryl/α,β-unsaturated/α-hetero) is 3. The molecular weight excluding hydrogens is 1530 g/mol. The molecule has 15 aromatic rings. The molecule has 125 heavy (non-hydrogen) atoms. The number of terminal acetylenes is 2. The summed E-state index contributed by atoms with van der Waals surface area (Å²) in [5.74, 6) is 5.99. The van der Waals surface area contributed by atoms with E-state index < -0.39 is 0 Å². The van der Waals surface area contributed by atoms with Crippen LogP contribution in [0.25, 0.3) is 94.8 Å². The number of esters is 1. The zero-order valence-corrected chi connectivity index (χ0v) is 74.4. The Labute approximate surface area is 743 Å². The van der Waals surface area contributed by atoms with Crippen LogP contribution < -0.4 is 0 Å². The minimum absolute atomic E-state index is 0.108. The van der Waals surface area contributed by atoms with Crippen LogP contribution in [0.3, 0.4) is 0 Å². The molecule has 0 amide bonds. The second kappa shape index (κ2) is 49.4. The van der Waals surface area contributed by atoms with Gasteiger partial charge in [0.15, 0.2) is 17.3 Å². The summed E-state index contributed by atoms with van der Waals surface area (Å²) in [6, 6.07) is 124. The lowest BCUT2D eigenvalue weighted by Gasteiger charge is -2.09. The zero-order valence-electron chi connectivity index (χ0n) is 74.4. The zero-order chi connectivity index (χ0) is 89.4. The van der Waals surface area contributed by atoms with Crippen LogP contribution >= 0.6 is 0 Å². The van der Waals surface area contributed by atoms with Gasteiger partial charge in [-0.3, -0.25) is 14.4 Å². The van der Waals surface area contributed by atoms with Gasteiger partial charge in [-0.05, 0) is 242 Å². The molecule has 0 aliphatic heterocycles. The normalized spacial score (nSPS) is 10.1. The van der Waals surface area contributed by atoms with Crippen molar-refractivity contribution >= 4 is 29.1 Å². The number of aryl methyl sites for hydroxylation is 7. The maximum Gasteiger partial charge on any atom is 0.337 e. The van der Waals surface area contributed by atoms with E-state index in [4.69, 9.17) is 17.6 Å². The highest BCUT2D eigenvalue weighted by Gasteiger charge is 2.11. The Morgan fingerprint density at radius 1 is 0.232 bits per heavy atom. The summed E-state index contributed by atoms with van der Waals surface area (Å²) in [4.78, 5) is 45.0. The molecule has 0 aliphatic rings. The molecule has 0 spiro atoms. The Hall–Kier alpha value is -14.6. The molecule has 0 radical (unpaired) electrons. The van der Waals surface area contributed by atoms with Crippen molar-refractivity contribution in [3.05, 3.63) is 448 Å². The van der Waals surface area contributed by atoms with Crippen LogP contribution in [-0.4, -0.2) is 37.5 Å². The number of carbonyl (C=O) groups excluding carboxylic acids is 4. The van der Waals surface area contributed by atoms with Crippen LogP contribution in [0.2, 0.25) is 0 Å². The number of benzene rings is 15. The topological polar surface area (TPSA) is 86.7 Å². The predicted octanol–water partition coefficient (Wildman–Crippen LogP) is 30.1. The van der Waals surface area contributed by atoms with Crippen LogP contribution in [0.1, 0.15) is 166 Å². The quantitative estimate of drug-likeness (QED) is 0.0308. The van der Waals surface area contributed by atoms with Crippen molar-refractivity contribution in [1.82, 2.24) is 0 Å². The summed E-state index contributed by atoms with van der Waals surface area (Å²) in [6.45, 7) is 23.8. The van der Waals surface area contributed by atoms with E-state index in [0.717, 1.165) is 112 Å². The van der Waals surface area contributed by atoms with E-state index in [-0.39, 0.29) is 23.3 Å². The van der Waals surface area contributed by atoms with Gasteiger partial charge in [-0.1, -0.05) is 382 Å². The summed E-state index contributed by atoms with van der Waals surface area (Å²) in [6.07, 6.45) is 18.2. The Bertz CT molecular complexity index is 5900. The van der Waals surface area contributed by atoms with Gasteiger partial charge in [-0.15, -0.1) is 12.8 Å². The van der Waals surface area contributed by atoms with Gasteiger partial charge in [-0.2, -0.15) is 0 Å². The smallest absolute Gasteiger partial charge is 0.337 e. The first-order valence-corrected chi connectivity index (χ1v) is 43.0. The van der Waals surface area contributed by atoms with E-state index in [2.05, 4.69) is 296 Å². The summed E-state index contributed by atoms with van der Waals surface area (Å²) in [5, 5.41) is 0. The molecule has 15 aromatic carbocycles. The minimum Gasteiger partial charge on any atom is -0.497 e. The third-order valence-corrected chi connectivity index (χ3v) is 21.8. The van der Waals surface area contributed by atoms with E-state index in [1.54, 1.807) is 40.0 Å². The van der Waals surface area contributed by atoms with Crippen molar-refractivity contribution in [3.63, 3.8) is 0 Å². The van der Waals surface area contributed by atoms with E-state index in [9.17, 15) is 19.2 Å². The second-order valence-corrected chi connectivity index (χ2v) is 30.1. The number of methoxy groups -OCH3 is 2. The Kier molecular flexibility index (Phi) is 37.2. The first-order valence-electron chi connectivity index (χ1n) is 43.0. The molecule has 0 fully saturated rings. The molecule has 0 saturated heterocycles. The van der Waals surface area contributed by atoms with Crippen LogP contribution in [0.5, 0.6) is 0 Å². The van der Waals surface area contributed by atoms with Crippen LogP contribution in [-0.2, 0) is 54.4 Å². The molecule has 0 bridgehead atoms. The highest BCUT2D eigenvalue weighted by molar-refractivity contribution is 5.96. The Morgan fingerprint density at radius 2 is 0.440 bits per heavy atom. The summed E-state index contributed by atoms with van der Waals surface area (Å²) in [5.41, 5.74) is 34.0. The largest absolute Gasteiger partial charge is 0.497 e. The molecule has 0 aromatic heterocycles. The number of ether oxygens (including phenoxy) is 2. The molecule has 6 heteroatoms. The molecule has 0 heterocycles. The number of carbonyl (C=O) groups is 4. The lowest BCUT2D eigenvalue weighted by molar-refractivity contribution is 0.0600. The predicted molar refractivity (Wildman–Crippen MR) is 527 cm³/mol. The van der Waals surface area contributed by atoms with Gasteiger partial charge in [0.25, 0.3) is 0 Å². The van der Waals surface area contributed by atoms with Crippen molar-refractivity contribution in [2.75, 3.05) is 14.2 Å². The number of hydrogen-bond acceptors (Lipinski definition) is 6. The molecule has 6 nitrogen and oxygen atoms in total. The van der Waals surface area contributed by atoms with Crippen LogP contribution in [0, 0.1) is 24.7 Å². The first-order chi connectivity index (χ1) is 60.7. The average Bonchev–Trinajstić information content (AvgIpc) is 0.827. The second-order valence-electron chi connectivity index (χ2n) is 30.1. The Morgan fingerprint density at radius 3 is 0.680 bits per heavy atom. The van der Waals surface area contributed by atoms with E-state index in [1.165, 1.54) is 102 Å². The lowest BCUT2D eigenvalue weighted by atomic mass is 9.98. The molecule has 0 atom stereocenters. The van der Waals surface area contributed by atoms with E-state index in [0.29, 0.717) is 11.3 Å². The molecule has 0 N–H and O–H groups in total. The van der Waals surface area contributed by atoms with Gasteiger partial charge in [0.2, 0.25) is 0 Å². The van der Waals surface area contributed by atoms with Gasteiger partial charge in [0.1, 0.15) is 5.76 Å². The molecule has 15 rings (SSSR count). The average molecular weight is 1640 g/mol. The number of rotatable bonds is 21. The molecule has 0 saturated carbocycles. The summed E-state index contributed by atoms with van der Waals surface area (Å²) in [7, 11) is 3.04. The molecular formula is C119H114O6. The van der Waals surface area contributed by atoms with Crippen molar-refractivity contribution < 1.29 is 28.7 Å². The van der Waals surface area contributed by atoms with Crippen molar-refractivity contribution in [1.29, 1.82) is 0 Å². The first kappa shape index (κ1) is 94.3. The van der Waals surface area contributed by atoms with Crippen molar-refractivity contribution in [2.24, 2.45) is 0 Å². The van der Waals surface area contributed by atoms with Gasteiger partial charge in [0, 0.05) is 33.4 Å². The van der Waals surface area contributed by atoms with E-state index in [1.807, 2.05) is 127 Å². The van der Waals surface area contributed by atoms with E-state index >= 15 is 0 Å². The van der Waals surface area contributed by atoms with Gasteiger partial charge >= 0.3 is 5.97 Å². The molecule has 626 valence electrons. The third-order valence-electron chi connectivity index (χ3n) is 21.8. The fourth-order valence-electron chi connectivity index (χ4n) is 13.6. The third kappa shape index (κ3) is 28.8. The Balaban J connectivity index is 0.000000166. The fraction of sp³-hybridized carbons (Fsp3) is 0.160. The highest BCUT2D eigenvalue weighted by atomic mass is 16.5. The van der Waals surface area contributed by atoms with Gasteiger partial charge in [-0.25, -0.2) is 4.79 Å². The summed E-state index contributed by atoms with van der Waals surface area (Å²) >= 11 is 0.